The predicted molar refractivity (Wildman–Crippen MR) is 66.9 cm³/mol. The number of fused-ring (bicyclic) bond motifs is 2. The molecule has 0 unspecified atom stereocenters. The largest absolute Gasteiger partial charge is 0.335 e. The summed E-state index contributed by atoms with van der Waals surface area (Å²) in [6, 6.07) is 1.71. The topological polar surface area (TPSA) is 35.6 Å². The second kappa shape index (κ2) is 4.48. The standard InChI is InChI=1S/C13H23N3O/c1-15-8-6-10(7-9-15)14-13(17)16-11-2-3-12(16)5-4-11/h10-12H,2-9H2,1H3,(H,14,17). The van der Waals surface area contributed by atoms with Crippen molar-refractivity contribution in [3.63, 3.8) is 0 Å². The van der Waals surface area contributed by atoms with Gasteiger partial charge in [0.05, 0.1) is 0 Å². The van der Waals surface area contributed by atoms with Crippen LogP contribution in [0, 0.1) is 0 Å². The van der Waals surface area contributed by atoms with Gasteiger partial charge in [0.15, 0.2) is 0 Å². The van der Waals surface area contributed by atoms with Crippen LogP contribution in [0.15, 0.2) is 0 Å². The van der Waals surface area contributed by atoms with Gasteiger partial charge in [-0.1, -0.05) is 0 Å². The van der Waals surface area contributed by atoms with Gasteiger partial charge in [-0.2, -0.15) is 0 Å². The Balaban J connectivity index is 1.53. The monoisotopic (exact) mass is 237 g/mol. The summed E-state index contributed by atoms with van der Waals surface area (Å²) in [5.41, 5.74) is 0. The number of piperidine rings is 1. The van der Waals surface area contributed by atoms with E-state index in [1.54, 1.807) is 0 Å². The molecule has 3 saturated heterocycles. The number of carbonyl (C=O) groups excluding carboxylic acids is 1. The van der Waals surface area contributed by atoms with E-state index in [2.05, 4.69) is 22.2 Å². The Bertz CT molecular complexity index is 279. The molecule has 0 saturated carbocycles. The van der Waals surface area contributed by atoms with E-state index in [0.717, 1.165) is 25.9 Å². The van der Waals surface area contributed by atoms with E-state index in [1.807, 2.05) is 0 Å². The first-order valence-electron chi connectivity index (χ1n) is 7.01. The van der Waals surface area contributed by atoms with Gasteiger partial charge in [0.2, 0.25) is 0 Å². The van der Waals surface area contributed by atoms with Crippen LogP contribution in [0.5, 0.6) is 0 Å². The Labute approximate surface area is 103 Å². The molecule has 3 rings (SSSR count). The maximum Gasteiger partial charge on any atom is 0.318 e. The molecule has 0 spiro atoms. The zero-order valence-corrected chi connectivity index (χ0v) is 10.7. The molecule has 0 aromatic rings. The molecular weight excluding hydrogens is 214 g/mol. The number of nitrogens with zero attached hydrogens (tertiary/aromatic N) is 2. The minimum Gasteiger partial charge on any atom is -0.335 e. The zero-order chi connectivity index (χ0) is 11.8. The van der Waals surface area contributed by atoms with E-state index in [4.69, 9.17) is 0 Å². The second-order valence-corrected chi connectivity index (χ2v) is 5.90. The number of hydrogen-bond donors (Lipinski definition) is 1. The van der Waals surface area contributed by atoms with Crippen LogP contribution in [-0.4, -0.2) is 54.1 Å². The van der Waals surface area contributed by atoms with Crippen molar-refractivity contribution in [3.05, 3.63) is 0 Å². The maximum absolute atomic E-state index is 12.3. The van der Waals surface area contributed by atoms with Gasteiger partial charge in [0.25, 0.3) is 0 Å². The first-order chi connectivity index (χ1) is 8.24. The molecule has 1 N–H and O–H groups in total. The lowest BCUT2D eigenvalue weighted by Gasteiger charge is -2.32. The van der Waals surface area contributed by atoms with Crippen molar-refractivity contribution in [2.45, 2.75) is 56.7 Å². The van der Waals surface area contributed by atoms with Gasteiger partial charge in [-0.05, 0) is 58.7 Å². The number of rotatable bonds is 1. The fourth-order valence-corrected chi connectivity index (χ4v) is 3.65. The molecule has 0 radical (unpaired) electrons. The van der Waals surface area contributed by atoms with E-state index in [1.165, 1.54) is 25.7 Å². The average Bonchev–Trinajstić information content (AvgIpc) is 2.91. The number of urea groups is 1. The molecule has 0 aromatic carbocycles. The van der Waals surface area contributed by atoms with Crippen LogP contribution in [0.4, 0.5) is 4.79 Å². The summed E-state index contributed by atoms with van der Waals surface area (Å²) in [7, 11) is 2.15. The van der Waals surface area contributed by atoms with Crippen molar-refractivity contribution in [2.24, 2.45) is 0 Å². The number of nitrogens with one attached hydrogen (secondary N) is 1. The quantitative estimate of drug-likeness (QED) is 0.748. The molecule has 3 heterocycles. The fraction of sp³-hybridized carbons (Fsp3) is 0.923. The summed E-state index contributed by atoms with van der Waals surface area (Å²) in [6.45, 7) is 2.22. The van der Waals surface area contributed by atoms with Crippen molar-refractivity contribution >= 4 is 6.03 Å². The average molecular weight is 237 g/mol. The Hall–Kier alpha value is -0.770. The van der Waals surface area contributed by atoms with Gasteiger partial charge >= 0.3 is 6.03 Å². The van der Waals surface area contributed by atoms with Crippen molar-refractivity contribution in [3.8, 4) is 0 Å². The predicted octanol–water partition coefficient (Wildman–Crippen LogP) is 1.42. The van der Waals surface area contributed by atoms with Gasteiger partial charge < -0.3 is 15.1 Å². The number of carbonyl (C=O) groups is 1. The van der Waals surface area contributed by atoms with Gasteiger partial charge in [-0.25, -0.2) is 4.79 Å². The third-order valence-corrected chi connectivity index (χ3v) is 4.73. The molecule has 3 aliphatic rings. The van der Waals surface area contributed by atoms with Gasteiger partial charge in [-0.15, -0.1) is 0 Å². The number of amides is 2. The smallest absolute Gasteiger partial charge is 0.318 e. The molecule has 2 amide bonds. The van der Waals surface area contributed by atoms with Crippen molar-refractivity contribution in [1.29, 1.82) is 0 Å². The molecule has 0 aliphatic carbocycles. The van der Waals surface area contributed by atoms with Crippen molar-refractivity contribution < 1.29 is 4.79 Å². The molecule has 3 aliphatic heterocycles. The van der Waals surface area contributed by atoms with Gasteiger partial charge in [0, 0.05) is 18.1 Å². The fourth-order valence-electron chi connectivity index (χ4n) is 3.65. The van der Waals surface area contributed by atoms with E-state index in [9.17, 15) is 4.79 Å². The highest BCUT2D eigenvalue weighted by Crippen LogP contribution is 2.37. The molecule has 96 valence electrons. The number of likely N-dealkylation sites (tertiary alicyclic amines) is 1. The summed E-state index contributed by atoms with van der Waals surface area (Å²) < 4.78 is 0. The lowest BCUT2D eigenvalue weighted by atomic mass is 10.0. The molecular formula is C13H23N3O. The van der Waals surface area contributed by atoms with Crippen molar-refractivity contribution in [2.75, 3.05) is 20.1 Å². The Kier molecular flexibility index (Phi) is 2.99. The van der Waals surface area contributed by atoms with E-state index >= 15 is 0 Å². The Morgan fingerprint density at radius 3 is 2.06 bits per heavy atom. The van der Waals surface area contributed by atoms with E-state index in [0.29, 0.717) is 18.1 Å². The Morgan fingerprint density at radius 1 is 1.00 bits per heavy atom. The van der Waals surface area contributed by atoms with Crippen LogP contribution in [0.1, 0.15) is 38.5 Å². The third kappa shape index (κ3) is 2.15. The molecule has 2 bridgehead atoms. The van der Waals surface area contributed by atoms with Crippen LogP contribution < -0.4 is 5.32 Å². The number of hydrogen-bond acceptors (Lipinski definition) is 2. The van der Waals surface area contributed by atoms with Crippen LogP contribution in [0.3, 0.4) is 0 Å². The van der Waals surface area contributed by atoms with E-state index < -0.39 is 0 Å². The maximum atomic E-state index is 12.3. The molecule has 0 aromatic heterocycles. The SMILES string of the molecule is CN1CCC(NC(=O)N2C3CCC2CC3)CC1. The minimum absolute atomic E-state index is 0.213. The summed E-state index contributed by atoms with van der Waals surface area (Å²) >= 11 is 0. The summed E-state index contributed by atoms with van der Waals surface area (Å²) in [5.74, 6) is 0. The lowest BCUT2D eigenvalue weighted by Crippen LogP contribution is -2.50. The van der Waals surface area contributed by atoms with Crippen LogP contribution in [0.25, 0.3) is 0 Å². The minimum atomic E-state index is 0.213. The van der Waals surface area contributed by atoms with E-state index in [-0.39, 0.29) is 6.03 Å². The van der Waals surface area contributed by atoms with Crippen LogP contribution in [0.2, 0.25) is 0 Å². The lowest BCUT2D eigenvalue weighted by molar-refractivity contribution is 0.176. The molecule has 4 nitrogen and oxygen atoms in total. The van der Waals surface area contributed by atoms with Gasteiger partial charge in [-0.3, -0.25) is 0 Å². The van der Waals surface area contributed by atoms with Crippen LogP contribution >= 0.6 is 0 Å². The van der Waals surface area contributed by atoms with Gasteiger partial charge in [0.1, 0.15) is 0 Å². The Morgan fingerprint density at radius 2 is 1.53 bits per heavy atom. The molecule has 0 atom stereocenters. The third-order valence-electron chi connectivity index (χ3n) is 4.73. The second-order valence-electron chi connectivity index (χ2n) is 5.90. The summed E-state index contributed by atoms with van der Waals surface area (Å²) in [5, 5.41) is 3.24. The zero-order valence-electron chi connectivity index (χ0n) is 10.7. The molecule has 4 heteroatoms. The summed E-state index contributed by atoms with van der Waals surface area (Å²) in [6.07, 6.45) is 7.12. The highest BCUT2D eigenvalue weighted by molar-refractivity contribution is 5.76. The first-order valence-corrected chi connectivity index (χ1v) is 7.01. The highest BCUT2D eigenvalue weighted by atomic mass is 16.2. The molecule has 17 heavy (non-hydrogen) atoms. The summed E-state index contributed by atoms with van der Waals surface area (Å²) in [4.78, 5) is 16.7. The molecule has 3 fully saturated rings. The first kappa shape index (κ1) is 11.3. The normalized spacial score (nSPS) is 34.3. The van der Waals surface area contributed by atoms with Crippen LogP contribution in [-0.2, 0) is 0 Å². The van der Waals surface area contributed by atoms with Crippen molar-refractivity contribution in [1.82, 2.24) is 15.1 Å². The highest BCUT2D eigenvalue weighted by Gasteiger charge is 2.42.